The molecule has 0 spiro atoms. The smallest absolute Gasteiger partial charge is 0.191 e. The van der Waals surface area contributed by atoms with Gasteiger partial charge in [0.15, 0.2) is 5.96 Å². The van der Waals surface area contributed by atoms with Crippen molar-refractivity contribution in [2.75, 3.05) is 13.6 Å². The summed E-state index contributed by atoms with van der Waals surface area (Å²) >= 11 is 0. The summed E-state index contributed by atoms with van der Waals surface area (Å²) in [6.07, 6.45) is 2.37. The van der Waals surface area contributed by atoms with E-state index in [1.54, 1.807) is 30.1 Å². The van der Waals surface area contributed by atoms with Gasteiger partial charge in [0, 0.05) is 26.8 Å². The van der Waals surface area contributed by atoms with Gasteiger partial charge in [0.2, 0.25) is 0 Å². The highest BCUT2D eigenvalue weighted by Crippen LogP contribution is 2.06. The van der Waals surface area contributed by atoms with Gasteiger partial charge in [-0.25, -0.2) is 4.39 Å². The molecule has 7 heteroatoms. The molecule has 0 unspecified atom stereocenters. The number of aryl methyl sites for hydroxylation is 1. The van der Waals surface area contributed by atoms with Crippen LogP contribution in [-0.2, 0) is 20.0 Å². The summed E-state index contributed by atoms with van der Waals surface area (Å²) in [6.45, 7) is 1.25. The van der Waals surface area contributed by atoms with E-state index in [4.69, 9.17) is 0 Å². The van der Waals surface area contributed by atoms with Gasteiger partial charge in [0.05, 0.1) is 12.2 Å². The van der Waals surface area contributed by atoms with Crippen molar-refractivity contribution in [1.82, 2.24) is 20.4 Å². The van der Waals surface area contributed by atoms with Gasteiger partial charge in [-0.15, -0.1) is 24.0 Å². The van der Waals surface area contributed by atoms with Gasteiger partial charge < -0.3 is 10.6 Å². The van der Waals surface area contributed by atoms with E-state index in [1.165, 1.54) is 6.07 Å². The Morgan fingerprint density at radius 3 is 2.68 bits per heavy atom. The number of hydrogen-bond donors (Lipinski definition) is 2. The van der Waals surface area contributed by atoms with Crippen LogP contribution in [0, 0.1) is 5.82 Å². The van der Waals surface area contributed by atoms with Crippen LogP contribution < -0.4 is 10.6 Å². The van der Waals surface area contributed by atoms with Crippen LogP contribution in [0.1, 0.15) is 11.3 Å². The van der Waals surface area contributed by atoms with Crippen molar-refractivity contribution >= 4 is 29.9 Å². The molecule has 0 fully saturated rings. The van der Waals surface area contributed by atoms with Crippen LogP contribution in [0.5, 0.6) is 0 Å². The number of halogens is 2. The Morgan fingerprint density at radius 1 is 1.27 bits per heavy atom. The number of benzene rings is 1. The predicted molar refractivity (Wildman–Crippen MR) is 96.9 cm³/mol. The second-order valence-electron chi connectivity index (χ2n) is 4.64. The highest BCUT2D eigenvalue weighted by molar-refractivity contribution is 14.0. The molecule has 120 valence electrons. The third-order valence-corrected chi connectivity index (χ3v) is 3.23. The molecule has 1 heterocycles. The Balaban J connectivity index is 0.00000242. The number of aliphatic imine (C=N–C) groups is 1. The largest absolute Gasteiger partial charge is 0.356 e. The second kappa shape index (κ2) is 9.39. The molecule has 0 amide bonds. The van der Waals surface area contributed by atoms with E-state index in [9.17, 15) is 4.39 Å². The molecular formula is C15H21FIN5. The minimum Gasteiger partial charge on any atom is -0.356 e. The van der Waals surface area contributed by atoms with Gasteiger partial charge in [-0.1, -0.05) is 18.2 Å². The highest BCUT2D eigenvalue weighted by atomic mass is 127. The van der Waals surface area contributed by atoms with E-state index in [0.29, 0.717) is 31.0 Å². The molecule has 2 aromatic rings. The lowest BCUT2D eigenvalue weighted by molar-refractivity contribution is 0.606. The molecule has 2 rings (SSSR count). The summed E-state index contributed by atoms with van der Waals surface area (Å²) in [5.74, 6) is 0.518. The summed E-state index contributed by atoms with van der Waals surface area (Å²) in [5.41, 5.74) is 1.76. The number of nitrogens with zero attached hydrogens (tertiary/aromatic N) is 3. The van der Waals surface area contributed by atoms with Crippen LogP contribution in [0.3, 0.4) is 0 Å². The Kier molecular flexibility index (Phi) is 7.86. The lowest BCUT2D eigenvalue weighted by atomic mass is 10.1. The van der Waals surface area contributed by atoms with E-state index < -0.39 is 0 Å². The average molecular weight is 417 g/mol. The summed E-state index contributed by atoms with van der Waals surface area (Å²) in [6, 6.07) is 8.75. The SMILES string of the molecule is CN=C(NCCc1ccccc1F)NCc1ccnn1C.I. The highest BCUT2D eigenvalue weighted by Gasteiger charge is 2.03. The van der Waals surface area contributed by atoms with Crippen molar-refractivity contribution in [3.63, 3.8) is 0 Å². The molecule has 0 saturated heterocycles. The van der Waals surface area contributed by atoms with E-state index in [-0.39, 0.29) is 29.8 Å². The van der Waals surface area contributed by atoms with E-state index in [1.807, 2.05) is 19.2 Å². The Bertz CT molecular complexity index is 611. The van der Waals surface area contributed by atoms with Gasteiger partial charge >= 0.3 is 0 Å². The first kappa shape index (κ1) is 18.4. The fourth-order valence-electron chi connectivity index (χ4n) is 1.99. The molecule has 0 aliphatic rings. The van der Waals surface area contributed by atoms with Crippen LogP contribution in [0.15, 0.2) is 41.5 Å². The van der Waals surface area contributed by atoms with E-state index in [2.05, 4.69) is 20.7 Å². The number of hydrogen-bond acceptors (Lipinski definition) is 2. The standard InChI is InChI=1S/C15H20FN5.HI/c1-17-15(19-11-13-8-10-20-21(13)2)18-9-7-12-5-3-4-6-14(12)16;/h3-6,8,10H,7,9,11H2,1-2H3,(H2,17,18,19);1H. The van der Waals surface area contributed by atoms with Crippen LogP contribution in [0.25, 0.3) is 0 Å². The number of guanidine groups is 1. The normalized spacial score (nSPS) is 11.0. The van der Waals surface area contributed by atoms with Gasteiger partial charge in [-0.3, -0.25) is 9.67 Å². The fourth-order valence-corrected chi connectivity index (χ4v) is 1.99. The monoisotopic (exact) mass is 417 g/mol. The third kappa shape index (κ3) is 5.28. The summed E-state index contributed by atoms with van der Waals surface area (Å²) in [7, 11) is 3.60. The van der Waals surface area contributed by atoms with Crippen LogP contribution in [0.4, 0.5) is 4.39 Å². The van der Waals surface area contributed by atoms with Crippen molar-refractivity contribution in [3.05, 3.63) is 53.6 Å². The Hall–Kier alpha value is -1.64. The maximum absolute atomic E-state index is 13.5. The van der Waals surface area contributed by atoms with Gasteiger partial charge in [0.25, 0.3) is 0 Å². The average Bonchev–Trinajstić information content (AvgIpc) is 2.90. The van der Waals surface area contributed by atoms with E-state index in [0.717, 1.165) is 5.69 Å². The quantitative estimate of drug-likeness (QED) is 0.445. The molecule has 5 nitrogen and oxygen atoms in total. The van der Waals surface area contributed by atoms with Gasteiger partial charge in [0.1, 0.15) is 5.82 Å². The number of rotatable bonds is 5. The molecule has 0 saturated carbocycles. The van der Waals surface area contributed by atoms with Crippen LogP contribution in [-0.4, -0.2) is 29.3 Å². The molecule has 1 aromatic carbocycles. The maximum Gasteiger partial charge on any atom is 0.191 e. The first-order chi connectivity index (χ1) is 10.2. The van der Waals surface area contributed by atoms with Gasteiger partial charge in [-0.2, -0.15) is 5.10 Å². The minimum absolute atomic E-state index is 0. The molecule has 1 aromatic heterocycles. The van der Waals surface area contributed by atoms with Crippen molar-refractivity contribution in [3.8, 4) is 0 Å². The van der Waals surface area contributed by atoms with Crippen LogP contribution >= 0.6 is 24.0 Å². The molecule has 0 radical (unpaired) electrons. The predicted octanol–water partition coefficient (Wildman–Crippen LogP) is 2.08. The van der Waals surface area contributed by atoms with E-state index >= 15 is 0 Å². The van der Waals surface area contributed by atoms with Crippen molar-refractivity contribution in [1.29, 1.82) is 0 Å². The Labute approximate surface area is 147 Å². The molecular weight excluding hydrogens is 396 g/mol. The lowest BCUT2D eigenvalue weighted by Crippen LogP contribution is -2.38. The minimum atomic E-state index is -0.169. The first-order valence-electron chi connectivity index (χ1n) is 6.85. The maximum atomic E-state index is 13.5. The Morgan fingerprint density at radius 2 is 2.05 bits per heavy atom. The zero-order chi connectivity index (χ0) is 15.1. The number of aromatic nitrogens is 2. The molecule has 2 N–H and O–H groups in total. The lowest BCUT2D eigenvalue weighted by Gasteiger charge is -2.12. The summed E-state index contributed by atoms with van der Waals surface area (Å²) in [5, 5.41) is 10.5. The summed E-state index contributed by atoms with van der Waals surface area (Å²) in [4.78, 5) is 4.14. The van der Waals surface area contributed by atoms with Crippen molar-refractivity contribution in [2.24, 2.45) is 12.0 Å². The summed E-state index contributed by atoms with van der Waals surface area (Å²) < 4.78 is 15.3. The van der Waals surface area contributed by atoms with Crippen LogP contribution in [0.2, 0.25) is 0 Å². The number of nitrogens with one attached hydrogen (secondary N) is 2. The van der Waals surface area contributed by atoms with Crippen molar-refractivity contribution < 1.29 is 4.39 Å². The molecule has 22 heavy (non-hydrogen) atoms. The third-order valence-electron chi connectivity index (χ3n) is 3.23. The molecule has 0 aliphatic heterocycles. The molecule has 0 aliphatic carbocycles. The zero-order valence-corrected chi connectivity index (χ0v) is 15.0. The second-order valence-corrected chi connectivity index (χ2v) is 4.64. The van der Waals surface area contributed by atoms with Gasteiger partial charge in [-0.05, 0) is 24.1 Å². The fraction of sp³-hybridized carbons (Fsp3) is 0.333. The van der Waals surface area contributed by atoms with Crippen molar-refractivity contribution in [2.45, 2.75) is 13.0 Å². The molecule has 0 atom stereocenters. The first-order valence-corrected chi connectivity index (χ1v) is 6.85. The topological polar surface area (TPSA) is 54.2 Å². The zero-order valence-electron chi connectivity index (χ0n) is 12.7. The molecule has 0 bridgehead atoms.